The summed E-state index contributed by atoms with van der Waals surface area (Å²) < 4.78 is 29.3. The second-order valence-electron chi connectivity index (χ2n) is 9.02. The summed E-state index contributed by atoms with van der Waals surface area (Å²) in [6, 6.07) is 8.55. The lowest BCUT2D eigenvalue weighted by Crippen LogP contribution is -2.34. The van der Waals surface area contributed by atoms with Gasteiger partial charge in [-0.15, -0.1) is 0 Å². The highest BCUT2D eigenvalue weighted by Crippen LogP contribution is 2.34. The molecular formula is C26H34F2N4. The number of H-pyrrole nitrogens is 1. The van der Waals surface area contributed by atoms with E-state index in [2.05, 4.69) is 27.0 Å². The smallest absolute Gasteiger partial charge is 0.166 e. The second kappa shape index (κ2) is 9.72. The highest BCUT2D eigenvalue weighted by atomic mass is 19.2. The van der Waals surface area contributed by atoms with Crippen molar-refractivity contribution in [2.45, 2.75) is 59.4 Å². The standard InChI is InChI=1S/C24H28F2N4.C2H6/c1-15(27-24(2,3)4)23-19-12-16(8-9-21(19)28-29-23)18-13-17(14-20(25)22(18)26)30-10-6-5-7-11-30;1-2/h8-9,12-14,27H,1,5-7,10-11H2,2-4H3,(H,28,29);1-2H3. The van der Waals surface area contributed by atoms with Gasteiger partial charge in [-0.25, -0.2) is 8.78 Å². The zero-order valence-corrected chi connectivity index (χ0v) is 19.8. The van der Waals surface area contributed by atoms with Gasteiger partial charge in [-0.3, -0.25) is 5.10 Å². The molecule has 0 spiro atoms. The number of nitrogens with one attached hydrogen (secondary N) is 2. The van der Waals surface area contributed by atoms with E-state index in [9.17, 15) is 8.78 Å². The Hall–Kier alpha value is -2.89. The summed E-state index contributed by atoms with van der Waals surface area (Å²) in [5, 5.41) is 11.5. The number of piperidine rings is 1. The third kappa shape index (κ3) is 5.12. The number of hydrogen-bond acceptors (Lipinski definition) is 3. The number of anilines is 1. The minimum absolute atomic E-state index is 0.169. The first-order valence-electron chi connectivity index (χ1n) is 11.4. The van der Waals surface area contributed by atoms with E-state index in [4.69, 9.17) is 0 Å². The molecule has 4 rings (SSSR count). The van der Waals surface area contributed by atoms with Gasteiger partial charge in [0.2, 0.25) is 0 Å². The van der Waals surface area contributed by atoms with Gasteiger partial charge in [-0.05, 0) is 63.8 Å². The Morgan fingerprint density at radius 3 is 2.41 bits per heavy atom. The molecule has 0 amide bonds. The molecule has 0 aliphatic carbocycles. The van der Waals surface area contributed by atoms with Gasteiger partial charge in [0.05, 0.1) is 11.2 Å². The molecule has 1 saturated heterocycles. The zero-order chi connectivity index (χ0) is 23.5. The Morgan fingerprint density at radius 2 is 1.75 bits per heavy atom. The first kappa shape index (κ1) is 23.8. The van der Waals surface area contributed by atoms with Gasteiger partial charge in [0.25, 0.3) is 0 Å². The van der Waals surface area contributed by atoms with Gasteiger partial charge < -0.3 is 10.2 Å². The molecule has 6 heteroatoms. The molecule has 0 atom stereocenters. The van der Waals surface area contributed by atoms with Crippen LogP contribution in [-0.4, -0.2) is 28.8 Å². The van der Waals surface area contributed by atoms with Crippen LogP contribution in [0.5, 0.6) is 0 Å². The van der Waals surface area contributed by atoms with Gasteiger partial charge in [-0.2, -0.15) is 5.10 Å². The second-order valence-corrected chi connectivity index (χ2v) is 9.02. The van der Waals surface area contributed by atoms with Crippen LogP contribution in [0, 0.1) is 11.6 Å². The number of fused-ring (bicyclic) bond motifs is 1. The van der Waals surface area contributed by atoms with Crippen molar-refractivity contribution < 1.29 is 8.78 Å². The fraction of sp³-hybridized carbons (Fsp3) is 0.423. The lowest BCUT2D eigenvalue weighted by molar-refractivity contribution is 0.501. The van der Waals surface area contributed by atoms with Gasteiger partial charge in [0.1, 0.15) is 5.69 Å². The van der Waals surface area contributed by atoms with E-state index < -0.39 is 11.6 Å². The molecule has 32 heavy (non-hydrogen) atoms. The van der Waals surface area contributed by atoms with E-state index in [-0.39, 0.29) is 11.1 Å². The number of benzene rings is 2. The van der Waals surface area contributed by atoms with E-state index in [0.717, 1.165) is 42.5 Å². The van der Waals surface area contributed by atoms with E-state index in [1.54, 1.807) is 12.1 Å². The number of hydrogen-bond donors (Lipinski definition) is 2. The van der Waals surface area contributed by atoms with Crippen molar-refractivity contribution in [1.82, 2.24) is 15.5 Å². The van der Waals surface area contributed by atoms with E-state index >= 15 is 0 Å². The molecule has 1 fully saturated rings. The average molecular weight is 441 g/mol. The highest BCUT2D eigenvalue weighted by Gasteiger charge is 2.20. The average Bonchev–Trinajstić information content (AvgIpc) is 3.20. The molecule has 2 heterocycles. The predicted molar refractivity (Wildman–Crippen MR) is 131 cm³/mol. The molecule has 1 aliphatic heterocycles. The van der Waals surface area contributed by atoms with Crippen LogP contribution < -0.4 is 10.2 Å². The van der Waals surface area contributed by atoms with Gasteiger partial charge in [-0.1, -0.05) is 26.5 Å². The van der Waals surface area contributed by atoms with Crippen LogP contribution in [0.3, 0.4) is 0 Å². The summed E-state index contributed by atoms with van der Waals surface area (Å²) in [5.74, 6) is -1.65. The summed E-state index contributed by atoms with van der Waals surface area (Å²) in [5.41, 5.74) is 3.61. The number of aromatic amines is 1. The molecule has 0 unspecified atom stereocenters. The van der Waals surface area contributed by atoms with Crippen LogP contribution >= 0.6 is 0 Å². The Kier molecular flexibility index (Phi) is 7.22. The Bertz CT molecular complexity index is 1090. The Morgan fingerprint density at radius 1 is 1.06 bits per heavy atom. The van der Waals surface area contributed by atoms with Crippen molar-refractivity contribution in [1.29, 1.82) is 0 Å². The first-order chi connectivity index (χ1) is 15.2. The molecular weight excluding hydrogens is 406 g/mol. The predicted octanol–water partition coefficient (Wildman–Crippen LogP) is 6.88. The number of nitrogens with zero attached hydrogens (tertiary/aromatic N) is 2. The molecule has 0 saturated carbocycles. The van der Waals surface area contributed by atoms with Crippen LogP contribution in [-0.2, 0) is 0 Å². The van der Waals surface area contributed by atoms with Gasteiger partial charge in [0.15, 0.2) is 11.6 Å². The molecule has 2 N–H and O–H groups in total. The number of aromatic nitrogens is 2. The zero-order valence-electron chi connectivity index (χ0n) is 19.8. The topological polar surface area (TPSA) is 44.0 Å². The van der Waals surface area contributed by atoms with Crippen LogP contribution in [0.4, 0.5) is 14.5 Å². The van der Waals surface area contributed by atoms with E-state index in [1.165, 1.54) is 12.5 Å². The van der Waals surface area contributed by atoms with Crippen LogP contribution in [0.1, 0.15) is 59.6 Å². The molecule has 1 aliphatic rings. The summed E-state index contributed by atoms with van der Waals surface area (Å²) in [4.78, 5) is 2.13. The summed E-state index contributed by atoms with van der Waals surface area (Å²) in [6.07, 6.45) is 3.32. The molecule has 0 radical (unpaired) electrons. The molecule has 0 bridgehead atoms. The molecule has 1 aromatic heterocycles. The first-order valence-corrected chi connectivity index (χ1v) is 11.4. The van der Waals surface area contributed by atoms with E-state index in [1.807, 2.05) is 46.8 Å². The summed E-state index contributed by atoms with van der Waals surface area (Å²) in [7, 11) is 0. The van der Waals surface area contributed by atoms with E-state index in [0.29, 0.717) is 17.0 Å². The Balaban J connectivity index is 0.00000141. The van der Waals surface area contributed by atoms with Gasteiger partial charge >= 0.3 is 0 Å². The van der Waals surface area contributed by atoms with Crippen LogP contribution in [0.15, 0.2) is 36.9 Å². The maximum atomic E-state index is 14.8. The fourth-order valence-electron chi connectivity index (χ4n) is 4.04. The monoisotopic (exact) mass is 440 g/mol. The fourth-order valence-corrected chi connectivity index (χ4v) is 4.04. The largest absolute Gasteiger partial charge is 0.379 e. The van der Waals surface area contributed by atoms with Crippen molar-refractivity contribution in [2.75, 3.05) is 18.0 Å². The highest BCUT2D eigenvalue weighted by molar-refractivity contribution is 5.93. The molecule has 4 nitrogen and oxygen atoms in total. The van der Waals surface area contributed by atoms with Crippen molar-refractivity contribution in [3.05, 3.63) is 54.2 Å². The summed E-state index contributed by atoms with van der Waals surface area (Å²) >= 11 is 0. The minimum atomic E-state index is -0.827. The van der Waals surface area contributed by atoms with Crippen molar-refractivity contribution in [3.63, 3.8) is 0 Å². The van der Waals surface area contributed by atoms with Crippen LogP contribution in [0.25, 0.3) is 27.7 Å². The molecule has 172 valence electrons. The lowest BCUT2D eigenvalue weighted by Gasteiger charge is -2.29. The minimum Gasteiger partial charge on any atom is -0.379 e. The SMILES string of the molecule is C=C(NC(C)(C)C)c1n[nH]c2ccc(-c3cc(N4CCCCC4)cc(F)c3F)cc12.CC. The van der Waals surface area contributed by atoms with Gasteiger partial charge in [0, 0.05) is 41.3 Å². The normalized spacial score (nSPS) is 14.2. The third-order valence-electron chi connectivity index (χ3n) is 5.42. The Labute approximate surface area is 189 Å². The van der Waals surface area contributed by atoms with Crippen molar-refractivity contribution in [3.8, 4) is 11.1 Å². The molecule has 3 aromatic rings. The molecule has 2 aromatic carbocycles. The third-order valence-corrected chi connectivity index (χ3v) is 5.42. The summed E-state index contributed by atoms with van der Waals surface area (Å²) in [6.45, 7) is 16.0. The van der Waals surface area contributed by atoms with Crippen molar-refractivity contribution in [2.24, 2.45) is 0 Å². The quantitative estimate of drug-likeness (QED) is 0.465. The maximum absolute atomic E-state index is 14.8. The number of halogens is 2. The number of rotatable bonds is 4. The van der Waals surface area contributed by atoms with Crippen LogP contribution in [0.2, 0.25) is 0 Å². The maximum Gasteiger partial charge on any atom is 0.166 e. The van der Waals surface area contributed by atoms with Crippen molar-refractivity contribution >= 4 is 22.3 Å². The lowest BCUT2D eigenvalue weighted by atomic mass is 10.00.